The maximum Gasteiger partial charge on any atom is 0.408 e. The molecule has 0 saturated heterocycles. The van der Waals surface area contributed by atoms with Crippen LogP contribution in [0.3, 0.4) is 0 Å². The first-order valence-electron chi connectivity index (χ1n) is 9.54. The zero-order chi connectivity index (χ0) is 21.7. The maximum absolute atomic E-state index is 12.4. The summed E-state index contributed by atoms with van der Waals surface area (Å²) < 4.78 is 5.40. The van der Waals surface area contributed by atoms with E-state index in [0.29, 0.717) is 17.9 Å². The molecule has 0 aliphatic heterocycles. The van der Waals surface area contributed by atoms with Gasteiger partial charge in [0.15, 0.2) is 0 Å². The van der Waals surface area contributed by atoms with Crippen molar-refractivity contribution < 1.29 is 14.5 Å². The molecule has 3 aromatic rings. The van der Waals surface area contributed by atoms with E-state index in [2.05, 4.69) is 15.3 Å². The number of ether oxygens (including phenoxy) is 1. The lowest BCUT2D eigenvalue weighted by Crippen LogP contribution is -2.36. The first-order chi connectivity index (χ1) is 14.2. The van der Waals surface area contributed by atoms with Crippen molar-refractivity contribution >= 4 is 11.8 Å². The van der Waals surface area contributed by atoms with E-state index in [4.69, 9.17) is 4.74 Å². The normalized spacial score (nSPS) is 12.2. The second-order valence-corrected chi connectivity index (χ2v) is 7.87. The number of H-pyrrole nitrogens is 1. The first-order valence-corrected chi connectivity index (χ1v) is 9.54. The average Bonchev–Trinajstić information content (AvgIpc) is 3.17. The number of carbonyl (C=O) groups is 1. The van der Waals surface area contributed by atoms with Crippen LogP contribution >= 0.6 is 0 Å². The monoisotopic (exact) mass is 408 g/mol. The molecule has 1 heterocycles. The third-order valence-electron chi connectivity index (χ3n) is 4.29. The maximum atomic E-state index is 12.4. The quantitative estimate of drug-likeness (QED) is 0.450. The third-order valence-corrected chi connectivity index (χ3v) is 4.29. The summed E-state index contributed by atoms with van der Waals surface area (Å²) in [6.07, 6.45) is 1.63. The van der Waals surface area contributed by atoms with Gasteiger partial charge in [-0.1, -0.05) is 30.3 Å². The van der Waals surface area contributed by atoms with Crippen LogP contribution in [-0.4, -0.2) is 26.6 Å². The fourth-order valence-corrected chi connectivity index (χ4v) is 2.94. The van der Waals surface area contributed by atoms with Gasteiger partial charge in [0.25, 0.3) is 5.69 Å². The van der Waals surface area contributed by atoms with Crippen molar-refractivity contribution in [1.29, 1.82) is 0 Å². The van der Waals surface area contributed by atoms with Crippen LogP contribution in [0.15, 0.2) is 60.8 Å². The van der Waals surface area contributed by atoms with E-state index in [0.717, 1.165) is 11.1 Å². The topological polar surface area (TPSA) is 110 Å². The Hall–Kier alpha value is -3.68. The van der Waals surface area contributed by atoms with Gasteiger partial charge in [-0.3, -0.25) is 10.1 Å². The lowest BCUT2D eigenvalue weighted by molar-refractivity contribution is -0.384. The SMILES string of the molecule is CC(C)(C)OC(=O)N[C@@H](Cc1ccccc1)c1ncc(-c2ccc([N+](=O)[O-])cc2)[nH]1. The number of benzene rings is 2. The molecule has 156 valence electrons. The highest BCUT2D eigenvalue weighted by atomic mass is 16.6. The van der Waals surface area contributed by atoms with Crippen LogP contribution in [0.2, 0.25) is 0 Å². The van der Waals surface area contributed by atoms with Crippen LogP contribution in [0.25, 0.3) is 11.3 Å². The minimum Gasteiger partial charge on any atom is -0.444 e. The van der Waals surface area contributed by atoms with Crippen LogP contribution in [0.1, 0.15) is 38.2 Å². The smallest absolute Gasteiger partial charge is 0.408 e. The molecule has 0 aliphatic rings. The van der Waals surface area contributed by atoms with Crippen molar-refractivity contribution in [2.24, 2.45) is 0 Å². The Kier molecular flexibility index (Phi) is 6.15. The summed E-state index contributed by atoms with van der Waals surface area (Å²) in [5, 5.41) is 13.7. The molecule has 3 rings (SSSR count). The van der Waals surface area contributed by atoms with E-state index in [1.165, 1.54) is 12.1 Å². The minimum atomic E-state index is -0.617. The van der Waals surface area contributed by atoms with E-state index in [1.807, 2.05) is 30.3 Å². The second-order valence-electron chi connectivity index (χ2n) is 7.87. The Morgan fingerprint density at radius 3 is 2.43 bits per heavy atom. The predicted molar refractivity (Wildman–Crippen MR) is 113 cm³/mol. The number of alkyl carbamates (subject to hydrolysis) is 1. The van der Waals surface area contributed by atoms with E-state index < -0.39 is 22.7 Å². The van der Waals surface area contributed by atoms with Gasteiger partial charge in [0.2, 0.25) is 0 Å². The number of hydrogen-bond acceptors (Lipinski definition) is 5. The number of rotatable bonds is 6. The summed E-state index contributed by atoms with van der Waals surface area (Å²) in [7, 11) is 0. The molecule has 1 aromatic heterocycles. The Labute approximate surface area is 174 Å². The Morgan fingerprint density at radius 1 is 1.17 bits per heavy atom. The number of aromatic amines is 1. The fraction of sp³-hybridized carbons (Fsp3) is 0.273. The van der Waals surface area contributed by atoms with Crippen LogP contribution in [0, 0.1) is 10.1 Å². The third kappa shape index (κ3) is 5.66. The number of imidazole rings is 1. The molecule has 1 amide bonds. The summed E-state index contributed by atoms with van der Waals surface area (Å²) in [5.41, 5.74) is 1.90. The summed E-state index contributed by atoms with van der Waals surface area (Å²) in [5.74, 6) is 0.568. The summed E-state index contributed by atoms with van der Waals surface area (Å²) in [6, 6.07) is 15.5. The average molecular weight is 408 g/mol. The molecule has 0 aliphatic carbocycles. The van der Waals surface area contributed by atoms with Gasteiger partial charge in [-0.25, -0.2) is 9.78 Å². The number of hydrogen-bond donors (Lipinski definition) is 2. The van der Waals surface area contributed by atoms with Crippen LogP contribution in [0.5, 0.6) is 0 Å². The largest absolute Gasteiger partial charge is 0.444 e. The number of non-ortho nitro benzene ring substituents is 1. The van der Waals surface area contributed by atoms with Gasteiger partial charge in [0, 0.05) is 24.1 Å². The van der Waals surface area contributed by atoms with Crippen molar-refractivity contribution in [3.63, 3.8) is 0 Å². The predicted octanol–water partition coefficient (Wildman–Crippen LogP) is 4.79. The zero-order valence-corrected chi connectivity index (χ0v) is 17.1. The molecule has 30 heavy (non-hydrogen) atoms. The zero-order valence-electron chi connectivity index (χ0n) is 17.1. The standard InChI is InChI=1S/C22H24N4O4/c1-22(2,3)30-21(27)25-18(13-15-7-5-4-6-8-15)20-23-14-19(24-20)16-9-11-17(12-10-16)26(28)29/h4-12,14,18H,13H2,1-3H3,(H,23,24)(H,25,27)/t18-/m0/s1. The summed E-state index contributed by atoms with van der Waals surface area (Å²) in [4.78, 5) is 30.4. The second kappa shape index (κ2) is 8.77. The fourth-order valence-electron chi connectivity index (χ4n) is 2.94. The van der Waals surface area contributed by atoms with E-state index in [-0.39, 0.29) is 5.69 Å². The minimum absolute atomic E-state index is 0.0204. The number of amides is 1. The lowest BCUT2D eigenvalue weighted by Gasteiger charge is -2.23. The molecule has 2 aromatic carbocycles. The number of aromatic nitrogens is 2. The Balaban J connectivity index is 1.84. The van der Waals surface area contributed by atoms with Gasteiger partial charge < -0.3 is 15.0 Å². The number of nitro benzene ring substituents is 1. The van der Waals surface area contributed by atoms with Gasteiger partial charge in [-0.15, -0.1) is 0 Å². The summed E-state index contributed by atoms with van der Waals surface area (Å²) >= 11 is 0. The molecule has 0 unspecified atom stereocenters. The Bertz CT molecular complexity index is 1010. The van der Waals surface area contributed by atoms with E-state index >= 15 is 0 Å². The molecule has 2 N–H and O–H groups in total. The Morgan fingerprint density at radius 2 is 1.83 bits per heavy atom. The van der Waals surface area contributed by atoms with Gasteiger partial charge in [0.05, 0.1) is 22.9 Å². The summed E-state index contributed by atoms with van der Waals surface area (Å²) in [6.45, 7) is 5.41. The van der Waals surface area contributed by atoms with Crippen LogP contribution < -0.4 is 5.32 Å². The van der Waals surface area contributed by atoms with Gasteiger partial charge in [-0.2, -0.15) is 0 Å². The number of nitro groups is 1. The highest BCUT2D eigenvalue weighted by molar-refractivity contribution is 5.68. The molecule has 0 bridgehead atoms. The molecule has 8 heteroatoms. The molecular weight excluding hydrogens is 384 g/mol. The molecule has 8 nitrogen and oxygen atoms in total. The molecular formula is C22H24N4O4. The van der Waals surface area contributed by atoms with Crippen molar-refractivity contribution in [1.82, 2.24) is 15.3 Å². The molecule has 1 atom stereocenters. The highest BCUT2D eigenvalue weighted by Gasteiger charge is 2.23. The van der Waals surface area contributed by atoms with Crippen molar-refractivity contribution in [3.05, 3.63) is 82.3 Å². The molecule has 0 spiro atoms. The van der Waals surface area contributed by atoms with Crippen molar-refractivity contribution in [2.75, 3.05) is 0 Å². The first kappa shape index (κ1) is 21.0. The number of nitrogens with zero attached hydrogens (tertiary/aromatic N) is 2. The van der Waals surface area contributed by atoms with Crippen molar-refractivity contribution in [3.8, 4) is 11.3 Å². The van der Waals surface area contributed by atoms with Gasteiger partial charge in [0.1, 0.15) is 11.4 Å². The molecule has 0 saturated carbocycles. The van der Waals surface area contributed by atoms with Crippen LogP contribution in [0.4, 0.5) is 10.5 Å². The molecule has 0 fully saturated rings. The van der Waals surface area contributed by atoms with Gasteiger partial charge in [-0.05, 0) is 38.5 Å². The molecule has 0 radical (unpaired) electrons. The van der Waals surface area contributed by atoms with Crippen LogP contribution in [-0.2, 0) is 11.2 Å². The number of carbonyl (C=O) groups excluding carboxylic acids is 1. The number of nitrogens with one attached hydrogen (secondary N) is 2. The lowest BCUT2D eigenvalue weighted by atomic mass is 10.1. The highest BCUT2D eigenvalue weighted by Crippen LogP contribution is 2.24. The van der Waals surface area contributed by atoms with E-state index in [1.54, 1.807) is 39.1 Å². The van der Waals surface area contributed by atoms with E-state index in [9.17, 15) is 14.9 Å². The van der Waals surface area contributed by atoms with Gasteiger partial charge >= 0.3 is 6.09 Å². The van der Waals surface area contributed by atoms with Crippen molar-refractivity contribution in [2.45, 2.75) is 38.8 Å².